The van der Waals surface area contributed by atoms with Gasteiger partial charge in [0.25, 0.3) is 11.8 Å². The number of amides is 2. The summed E-state index contributed by atoms with van der Waals surface area (Å²) in [4.78, 5) is 29.9. The standard InChI is InChI=1S/C23H25ClN2O4S/c1-29-17-13-16(14-18(15-17)30-2)21(27)26-11-12-31-23(26)7-9-25(10-8-23)22(28)19-5-3-4-6-20(19)24/h3-6,13-15H,7-12H2,1-2H3. The lowest BCUT2D eigenvalue weighted by Crippen LogP contribution is -2.53. The number of likely N-dealkylation sites (tertiary alicyclic amines) is 1. The van der Waals surface area contributed by atoms with Gasteiger partial charge in [0, 0.05) is 37.0 Å². The van der Waals surface area contributed by atoms with Crippen molar-refractivity contribution in [2.45, 2.75) is 17.7 Å². The van der Waals surface area contributed by atoms with Crippen molar-refractivity contribution in [2.75, 3.05) is 39.6 Å². The second kappa shape index (κ2) is 9.01. The lowest BCUT2D eigenvalue weighted by Gasteiger charge is -2.44. The predicted molar refractivity (Wildman–Crippen MR) is 122 cm³/mol. The number of nitrogens with zero attached hydrogens (tertiary/aromatic N) is 2. The molecule has 31 heavy (non-hydrogen) atoms. The molecule has 0 aromatic heterocycles. The summed E-state index contributed by atoms with van der Waals surface area (Å²) in [6.45, 7) is 1.85. The minimum Gasteiger partial charge on any atom is -0.497 e. The number of carbonyl (C=O) groups is 2. The number of benzene rings is 2. The predicted octanol–water partition coefficient (Wildman–Crippen LogP) is 4.18. The molecule has 0 saturated carbocycles. The molecular formula is C23H25ClN2O4S. The Balaban J connectivity index is 1.51. The molecule has 0 aliphatic carbocycles. The van der Waals surface area contributed by atoms with Gasteiger partial charge < -0.3 is 19.3 Å². The lowest BCUT2D eigenvalue weighted by molar-refractivity contribution is 0.0497. The Kier molecular flexibility index (Phi) is 6.34. The third-order valence-electron chi connectivity index (χ3n) is 5.96. The first-order chi connectivity index (χ1) is 15.0. The Morgan fingerprint density at radius 1 is 0.968 bits per heavy atom. The third-order valence-corrected chi connectivity index (χ3v) is 7.84. The molecule has 2 fully saturated rings. The molecule has 2 aliphatic heterocycles. The van der Waals surface area contributed by atoms with Gasteiger partial charge in [-0.3, -0.25) is 9.59 Å². The highest BCUT2D eigenvalue weighted by Crippen LogP contribution is 2.45. The molecule has 2 heterocycles. The summed E-state index contributed by atoms with van der Waals surface area (Å²) < 4.78 is 10.7. The van der Waals surface area contributed by atoms with Crippen molar-refractivity contribution in [1.82, 2.24) is 9.80 Å². The molecule has 2 aliphatic rings. The van der Waals surface area contributed by atoms with Crippen molar-refractivity contribution in [3.63, 3.8) is 0 Å². The van der Waals surface area contributed by atoms with Crippen molar-refractivity contribution in [1.29, 1.82) is 0 Å². The Morgan fingerprint density at radius 2 is 1.61 bits per heavy atom. The highest BCUT2D eigenvalue weighted by molar-refractivity contribution is 8.00. The molecule has 2 aromatic rings. The molecular weight excluding hydrogens is 436 g/mol. The minimum atomic E-state index is -0.301. The van der Waals surface area contributed by atoms with Gasteiger partial charge in [0.05, 0.1) is 29.7 Å². The van der Waals surface area contributed by atoms with Gasteiger partial charge >= 0.3 is 0 Å². The average Bonchev–Trinajstić information content (AvgIpc) is 3.21. The number of ether oxygens (including phenoxy) is 2. The van der Waals surface area contributed by atoms with Crippen LogP contribution in [0.2, 0.25) is 5.02 Å². The van der Waals surface area contributed by atoms with Crippen LogP contribution in [0.4, 0.5) is 0 Å². The summed E-state index contributed by atoms with van der Waals surface area (Å²) in [5.74, 6) is 1.96. The van der Waals surface area contributed by atoms with Crippen LogP contribution in [0.5, 0.6) is 11.5 Å². The maximum Gasteiger partial charge on any atom is 0.255 e. The number of piperidine rings is 1. The molecule has 2 aromatic carbocycles. The van der Waals surface area contributed by atoms with Gasteiger partial charge in [-0.2, -0.15) is 0 Å². The average molecular weight is 461 g/mol. The second-order valence-corrected chi connectivity index (χ2v) is 9.49. The van der Waals surface area contributed by atoms with E-state index in [0.29, 0.717) is 47.3 Å². The molecule has 0 bridgehead atoms. The van der Waals surface area contributed by atoms with E-state index < -0.39 is 0 Å². The van der Waals surface area contributed by atoms with E-state index in [1.807, 2.05) is 33.7 Å². The Bertz CT molecular complexity index is 969. The van der Waals surface area contributed by atoms with Crippen LogP contribution in [0.1, 0.15) is 33.6 Å². The Hall–Kier alpha value is -2.38. The number of methoxy groups -OCH3 is 2. The molecule has 2 saturated heterocycles. The van der Waals surface area contributed by atoms with E-state index >= 15 is 0 Å². The van der Waals surface area contributed by atoms with E-state index in [1.54, 1.807) is 44.6 Å². The second-order valence-electron chi connectivity index (χ2n) is 7.62. The van der Waals surface area contributed by atoms with E-state index in [-0.39, 0.29) is 16.7 Å². The minimum absolute atomic E-state index is 0.0342. The topological polar surface area (TPSA) is 59.1 Å². The summed E-state index contributed by atoms with van der Waals surface area (Å²) in [5.41, 5.74) is 1.07. The Morgan fingerprint density at radius 3 is 2.23 bits per heavy atom. The number of carbonyl (C=O) groups excluding carboxylic acids is 2. The summed E-state index contributed by atoms with van der Waals surface area (Å²) in [7, 11) is 3.14. The smallest absolute Gasteiger partial charge is 0.255 e. The zero-order valence-electron chi connectivity index (χ0n) is 17.6. The quantitative estimate of drug-likeness (QED) is 0.685. The summed E-state index contributed by atoms with van der Waals surface area (Å²) in [6, 6.07) is 12.4. The molecule has 6 nitrogen and oxygen atoms in total. The zero-order chi connectivity index (χ0) is 22.0. The number of thioether (sulfide) groups is 1. The fraction of sp³-hybridized carbons (Fsp3) is 0.391. The van der Waals surface area contributed by atoms with E-state index in [4.69, 9.17) is 21.1 Å². The molecule has 0 radical (unpaired) electrons. The summed E-state index contributed by atoms with van der Waals surface area (Å²) in [6.07, 6.45) is 1.45. The van der Waals surface area contributed by atoms with Crippen molar-refractivity contribution >= 4 is 35.2 Å². The van der Waals surface area contributed by atoms with Gasteiger partial charge in [-0.25, -0.2) is 0 Å². The molecule has 0 atom stereocenters. The largest absolute Gasteiger partial charge is 0.497 e. The molecule has 1 spiro atoms. The van der Waals surface area contributed by atoms with Crippen LogP contribution in [-0.4, -0.2) is 66.1 Å². The normalized spacial score (nSPS) is 17.6. The van der Waals surface area contributed by atoms with E-state index in [1.165, 1.54) is 0 Å². The van der Waals surface area contributed by atoms with Gasteiger partial charge in [-0.1, -0.05) is 23.7 Å². The highest BCUT2D eigenvalue weighted by atomic mass is 35.5. The van der Waals surface area contributed by atoms with Crippen LogP contribution >= 0.6 is 23.4 Å². The number of hydrogen-bond donors (Lipinski definition) is 0. The SMILES string of the molecule is COc1cc(OC)cc(C(=O)N2CCSC23CCN(C(=O)c2ccccc2Cl)CC3)c1. The van der Waals surface area contributed by atoms with Crippen LogP contribution in [0.15, 0.2) is 42.5 Å². The van der Waals surface area contributed by atoms with Crippen molar-refractivity contribution < 1.29 is 19.1 Å². The van der Waals surface area contributed by atoms with E-state index in [0.717, 1.165) is 18.6 Å². The summed E-state index contributed by atoms with van der Waals surface area (Å²) >= 11 is 8.02. The summed E-state index contributed by atoms with van der Waals surface area (Å²) in [5, 5.41) is 0.465. The molecule has 0 N–H and O–H groups in total. The highest BCUT2D eigenvalue weighted by Gasteiger charge is 2.47. The molecule has 0 unspecified atom stereocenters. The Labute approximate surface area is 191 Å². The van der Waals surface area contributed by atoms with Crippen molar-refractivity contribution in [3.05, 3.63) is 58.6 Å². The first-order valence-corrected chi connectivity index (χ1v) is 11.6. The first-order valence-electron chi connectivity index (χ1n) is 10.2. The van der Waals surface area contributed by atoms with Crippen LogP contribution in [0.25, 0.3) is 0 Å². The van der Waals surface area contributed by atoms with Gasteiger partial charge in [0.15, 0.2) is 0 Å². The van der Waals surface area contributed by atoms with Crippen LogP contribution in [0.3, 0.4) is 0 Å². The van der Waals surface area contributed by atoms with E-state index in [2.05, 4.69) is 0 Å². The van der Waals surface area contributed by atoms with Gasteiger partial charge in [-0.05, 0) is 37.1 Å². The number of halogens is 1. The third kappa shape index (κ3) is 4.21. The first kappa shape index (κ1) is 21.8. The van der Waals surface area contributed by atoms with Crippen LogP contribution in [0, 0.1) is 0 Å². The molecule has 4 rings (SSSR count). The zero-order valence-corrected chi connectivity index (χ0v) is 19.2. The molecule has 2 amide bonds. The number of hydrogen-bond acceptors (Lipinski definition) is 5. The number of rotatable bonds is 4. The van der Waals surface area contributed by atoms with Gasteiger partial charge in [-0.15, -0.1) is 11.8 Å². The van der Waals surface area contributed by atoms with Gasteiger partial charge in [0.1, 0.15) is 11.5 Å². The van der Waals surface area contributed by atoms with Crippen LogP contribution < -0.4 is 9.47 Å². The lowest BCUT2D eigenvalue weighted by atomic mass is 10.00. The molecule has 164 valence electrons. The van der Waals surface area contributed by atoms with Crippen molar-refractivity contribution in [2.24, 2.45) is 0 Å². The van der Waals surface area contributed by atoms with Crippen LogP contribution in [-0.2, 0) is 0 Å². The fourth-order valence-electron chi connectivity index (χ4n) is 4.26. The fourth-order valence-corrected chi connectivity index (χ4v) is 5.93. The van der Waals surface area contributed by atoms with Crippen molar-refractivity contribution in [3.8, 4) is 11.5 Å². The van der Waals surface area contributed by atoms with Gasteiger partial charge in [0.2, 0.25) is 0 Å². The van der Waals surface area contributed by atoms with E-state index in [9.17, 15) is 9.59 Å². The maximum atomic E-state index is 13.4. The molecule has 8 heteroatoms. The monoisotopic (exact) mass is 460 g/mol. The maximum absolute atomic E-state index is 13.4.